The van der Waals surface area contributed by atoms with Crippen LogP contribution in [0.3, 0.4) is 0 Å². The van der Waals surface area contributed by atoms with Gasteiger partial charge < -0.3 is 15.0 Å². The molecule has 0 aliphatic carbocycles. The Morgan fingerprint density at radius 1 is 1.08 bits per heavy atom. The van der Waals surface area contributed by atoms with Crippen molar-refractivity contribution < 1.29 is 19.1 Å². The molecule has 0 radical (unpaired) electrons. The van der Waals surface area contributed by atoms with Crippen LogP contribution in [0.15, 0.2) is 59.1 Å². The van der Waals surface area contributed by atoms with E-state index in [9.17, 15) is 14.4 Å². The summed E-state index contributed by atoms with van der Waals surface area (Å²) < 4.78 is 5.68. The number of hydrogen-bond donors (Lipinski definition) is 1. The Morgan fingerprint density at radius 3 is 2.50 bits per heavy atom. The van der Waals surface area contributed by atoms with E-state index in [2.05, 4.69) is 21.2 Å². The molecule has 0 aromatic heterocycles. The average molecular weight is 419 g/mol. The monoisotopic (exact) mass is 418 g/mol. The van der Waals surface area contributed by atoms with E-state index in [1.54, 1.807) is 31.3 Å². The van der Waals surface area contributed by atoms with Crippen LogP contribution in [0.25, 0.3) is 0 Å². The van der Waals surface area contributed by atoms with Gasteiger partial charge in [-0.25, -0.2) is 0 Å². The van der Waals surface area contributed by atoms with Crippen molar-refractivity contribution in [3.05, 3.63) is 70.2 Å². The quantitative estimate of drug-likeness (QED) is 0.700. The van der Waals surface area contributed by atoms with Gasteiger partial charge in [-0.3, -0.25) is 14.4 Å². The van der Waals surface area contributed by atoms with Crippen molar-refractivity contribution >= 4 is 33.7 Å². The lowest BCUT2D eigenvalue weighted by molar-refractivity contribution is -0.150. The van der Waals surface area contributed by atoms with E-state index in [0.717, 1.165) is 10.0 Å². The van der Waals surface area contributed by atoms with Crippen LogP contribution in [-0.2, 0) is 20.9 Å². The molecule has 0 spiro atoms. The molecular formula is C19H19BrN2O4. The van der Waals surface area contributed by atoms with Gasteiger partial charge >= 0.3 is 5.97 Å². The van der Waals surface area contributed by atoms with Gasteiger partial charge in [0.15, 0.2) is 6.61 Å². The zero-order valence-electron chi connectivity index (χ0n) is 14.3. The largest absolute Gasteiger partial charge is 0.454 e. The summed E-state index contributed by atoms with van der Waals surface area (Å²) >= 11 is 3.27. The highest BCUT2D eigenvalue weighted by Crippen LogP contribution is 2.11. The molecule has 6 nitrogen and oxygen atoms in total. The molecule has 0 heterocycles. The molecule has 7 heteroatoms. The number of nitrogens with zero attached hydrogens (tertiary/aromatic N) is 1. The van der Waals surface area contributed by atoms with Crippen LogP contribution in [0.2, 0.25) is 0 Å². The molecule has 2 rings (SSSR count). The first kappa shape index (κ1) is 19.7. The fourth-order valence-corrected chi connectivity index (χ4v) is 2.53. The average Bonchev–Trinajstić information content (AvgIpc) is 2.64. The maximum absolute atomic E-state index is 12.0. The lowest BCUT2D eigenvalue weighted by Crippen LogP contribution is -2.34. The van der Waals surface area contributed by atoms with Gasteiger partial charge in [-0.05, 0) is 23.8 Å². The number of ether oxygens (including phenoxy) is 1. The molecule has 0 fully saturated rings. The van der Waals surface area contributed by atoms with Crippen LogP contribution in [0, 0.1) is 0 Å². The maximum atomic E-state index is 12.0. The van der Waals surface area contributed by atoms with Gasteiger partial charge in [0.1, 0.15) is 6.54 Å². The number of esters is 1. The molecule has 0 saturated carbocycles. The summed E-state index contributed by atoms with van der Waals surface area (Å²) in [5.74, 6) is -1.38. The maximum Gasteiger partial charge on any atom is 0.325 e. The molecular weight excluding hydrogens is 400 g/mol. The number of hydrogen-bond acceptors (Lipinski definition) is 4. The molecule has 0 saturated heterocycles. The standard InChI is InChI=1S/C19H19BrN2O4/c1-22(12-14-6-3-2-4-7-14)17(23)13-26-18(24)11-21-19(25)15-8-5-9-16(20)10-15/h2-10H,11-13H2,1H3,(H,21,25). The highest BCUT2D eigenvalue weighted by molar-refractivity contribution is 9.10. The molecule has 0 aliphatic rings. The molecule has 0 aliphatic heterocycles. The number of halogens is 1. The molecule has 2 amide bonds. The second-order valence-electron chi connectivity index (χ2n) is 5.59. The van der Waals surface area contributed by atoms with E-state index < -0.39 is 11.9 Å². The smallest absolute Gasteiger partial charge is 0.325 e. The van der Waals surface area contributed by atoms with Gasteiger partial charge in [-0.2, -0.15) is 0 Å². The summed E-state index contributed by atoms with van der Waals surface area (Å²) in [7, 11) is 1.64. The summed E-state index contributed by atoms with van der Waals surface area (Å²) in [5, 5.41) is 2.46. The number of likely N-dealkylation sites (N-methyl/N-ethyl adjacent to an activating group) is 1. The summed E-state index contributed by atoms with van der Waals surface area (Å²) in [6.07, 6.45) is 0. The van der Waals surface area contributed by atoms with Crippen molar-refractivity contribution in [2.24, 2.45) is 0 Å². The van der Waals surface area contributed by atoms with Crippen LogP contribution >= 0.6 is 15.9 Å². The third-order valence-corrected chi connectivity index (χ3v) is 4.02. The Labute approximate surface area is 160 Å². The van der Waals surface area contributed by atoms with Crippen LogP contribution in [0.5, 0.6) is 0 Å². The number of carbonyl (C=O) groups excluding carboxylic acids is 3. The molecule has 0 bridgehead atoms. The van der Waals surface area contributed by atoms with Crippen molar-refractivity contribution in [1.82, 2.24) is 10.2 Å². The van der Waals surface area contributed by atoms with E-state index >= 15 is 0 Å². The van der Waals surface area contributed by atoms with Crippen LogP contribution in [-0.4, -0.2) is 42.9 Å². The minimum absolute atomic E-state index is 0.305. The molecule has 0 unspecified atom stereocenters. The lowest BCUT2D eigenvalue weighted by atomic mass is 10.2. The predicted molar refractivity (Wildman–Crippen MR) is 100 cm³/mol. The normalized spacial score (nSPS) is 10.1. The Kier molecular flexibility index (Phi) is 7.35. The Morgan fingerprint density at radius 2 is 1.81 bits per heavy atom. The zero-order chi connectivity index (χ0) is 18.9. The minimum atomic E-state index is -0.671. The molecule has 1 N–H and O–H groups in total. The van der Waals surface area contributed by atoms with Crippen molar-refractivity contribution in [3.63, 3.8) is 0 Å². The Bertz CT molecular complexity index is 780. The van der Waals surface area contributed by atoms with Gasteiger partial charge in [0, 0.05) is 23.6 Å². The SMILES string of the molecule is CN(Cc1ccccc1)C(=O)COC(=O)CNC(=O)c1cccc(Br)c1. The summed E-state index contributed by atoms with van der Waals surface area (Å²) in [6, 6.07) is 16.3. The Balaban J connectivity index is 1.72. The second kappa shape index (κ2) is 9.72. The van der Waals surface area contributed by atoms with Crippen LogP contribution in [0.4, 0.5) is 0 Å². The van der Waals surface area contributed by atoms with Crippen molar-refractivity contribution in [2.45, 2.75) is 6.54 Å². The summed E-state index contributed by atoms with van der Waals surface area (Å²) in [6.45, 7) is -0.243. The molecule has 2 aromatic rings. The van der Waals surface area contributed by atoms with Gasteiger partial charge in [-0.1, -0.05) is 52.3 Å². The van der Waals surface area contributed by atoms with Crippen LogP contribution < -0.4 is 5.32 Å². The summed E-state index contributed by atoms with van der Waals surface area (Å²) in [5.41, 5.74) is 1.40. The van der Waals surface area contributed by atoms with E-state index in [-0.39, 0.29) is 19.1 Å². The van der Waals surface area contributed by atoms with Crippen molar-refractivity contribution in [3.8, 4) is 0 Å². The highest BCUT2D eigenvalue weighted by atomic mass is 79.9. The minimum Gasteiger partial charge on any atom is -0.454 e. The van der Waals surface area contributed by atoms with Gasteiger partial charge in [0.05, 0.1) is 0 Å². The van der Waals surface area contributed by atoms with Gasteiger partial charge in [0.25, 0.3) is 11.8 Å². The molecule has 136 valence electrons. The molecule has 26 heavy (non-hydrogen) atoms. The van der Waals surface area contributed by atoms with E-state index in [4.69, 9.17) is 4.74 Å². The lowest BCUT2D eigenvalue weighted by Gasteiger charge is -2.17. The third-order valence-electron chi connectivity index (χ3n) is 3.53. The van der Waals surface area contributed by atoms with Gasteiger partial charge in [-0.15, -0.1) is 0 Å². The number of carbonyl (C=O) groups is 3. The summed E-state index contributed by atoms with van der Waals surface area (Å²) in [4.78, 5) is 37.1. The highest BCUT2D eigenvalue weighted by Gasteiger charge is 2.14. The number of amides is 2. The van der Waals surface area contributed by atoms with Crippen LogP contribution in [0.1, 0.15) is 15.9 Å². The van der Waals surface area contributed by atoms with Crippen molar-refractivity contribution in [2.75, 3.05) is 20.2 Å². The topological polar surface area (TPSA) is 75.7 Å². The zero-order valence-corrected chi connectivity index (χ0v) is 15.9. The van der Waals surface area contributed by atoms with Gasteiger partial charge in [0.2, 0.25) is 0 Å². The number of benzene rings is 2. The fraction of sp³-hybridized carbons (Fsp3) is 0.211. The first-order valence-electron chi connectivity index (χ1n) is 7.93. The Hall–Kier alpha value is -2.67. The van der Waals surface area contributed by atoms with E-state index in [1.165, 1.54) is 4.90 Å². The third kappa shape index (κ3) is 6.33. The second-order valence-corrected chi connectivity index (χ2v) is 6.50. The number of nitrogens with one attached hydrogen (secondary N) is 1. The van der Waals surface area contributed by atoms with E-state index in [0.29, 0.717) is 12.1 Å². The number of rotatable bonds is 7. The predicted octanol–water partition coefficient (Wildman–Crippen LogP) is 2.38. The fourth-order valence-electron chi connectivity index (χ4n) is 2.13. The first-order chi connectivity index (χ1) is 12.5. The van der Waals surface area contributed by atoms with E-state index in [1.807, 2.05) is 30.3 Å². The molecule has 2 aromatic carbocycles. The molecule has 0 atom stereocenters. The van der Waals surface area contributed by atoms with Crippen molar-refractivity contribution in [1.29, 1.82) is 0 Å². The first-order valence-corrected chi connectivity index (χ1v) is 8.72.